The van der Waals surface area contributed by atoms with Crippen LogP contribution in [0.5, 0.6) is 0 Å². The van der Waals surface area contributed by atoms with Crippen molar-refractivity contribution in [2.75, 3.05) is 7.05 Å². The van der Waals surface area contributed by atoms with Crippen LogP contribution in [0.4, 0.5) is 0 Å². The molecule has 20 heavy (non-hydrogen) atoms. The number of aliphatic hydroxyl groups is 1. The summed E-state index contributed by atoms with van der Waals surface area (Å²) < 4.78 is 26.3. The van der Waals surface area contributed by atoms with Gasteiger partial charge in [0.2, 0.25) is 10.0 Å². The standard InChI is InChI=1S/C13H21N3O3S/c1-16(12-4-2-3-5-13(12)17)20(18,19)11-7-6-10(8-14)15-9-11/h6-7,9,12-13,17H,2-5,8,14H2,1H3. The van der Waals surface area contributed by atoms with Crippen LogP contribution in [0.2, 0.25) is 0 Å². The number of aliphatic hydroxyl groups excluding tert-OH is 1. The SMILES string of the molecule is CN(C1CCCCC1O)S(=O)(=O)c1ccc(CN)nc1. The van der Waals surface area contributed by atoms with Crippen LogP contribution < -0.4 is 5.73 Å². The highest BCUT2D eigenvalue weighted by atomic mass is 32.2. The fourth-order valence-corrected chi connectivity index (χ4v) is 3.91. The topological polar surface area (TPSA) is 96.5 Å². The Morgan fingerprint density at radius 1 is 1.40 bits per heavy atom. The molecule has 0 saturated heterocycles. The van der Waals surface area contributed by atoms with E-state index in [0.717, 1.165) is 12.8 Å². The molecule has 2 unspecified atom stereocenters. The zero-order valence-electron chi connectivity index (χ0n) is 11.6. The molecule has 1 aliphatic rings. The fourth-order valence-electron chi connectivity index (χ4n) is 2.54. The Labute approximate surface area is 119 Å². The van der Waals surface area contributed by atoms with Crippen LogP contribution in [-0.2, 0) is 16.6 Å². The lowest BCUT2D eigenvalue weighted by Crippen LogP contribution is -2.46. The summed E-state index contributed by atoms with van der Waals surface area (Å²) >= 11 is 0. The van der Waals surface area contributed by atoms with Crippen LogP contribution in [0.3, 0.4) is 0 Å². The maximum Gasteiger partial charge on any atom is 0.244 e. The highest BCUT2D eigenvalue weighted by molar-refractivity contribution is 7.89. The molecule has 0 bridgehead atoms. The van der Waals surface area contributed by atoms with Crippen LogP contribution in [0.15, 0.2) is 23.2 Å². The maximum atomic E-state index is 12.5. The molecular weight excluding hydrogens is 278 g/mol. The van der Waals surface area contributed by atoms with Gasteiger partial charge in [0, 0.05) is 19.8 Å². The molecule has 3 N–H and O–H groups in total. The van der Waals surface area contributed by atoms with Gasteiger partial charge in [-0.1, -0.05) is 12.8 Å². The predicted molar refractivity (Wildman–Crippen MR) is 75.3 cm³/mol. The molecular formula is C13H21N3O3S. The highest BCUT2D eigenvalue weighted by Gasteiger charge is 2.34. The number of pyridine rings is 1. The molecule has 1 saturated carbocycles. The Bertz CT molecular complexity index is 544. The van der Waals surface area contributed by atoms with Crippen molar-refractivity contribution in [2.24, 2.45) is 5.73 Å². The third-order valence-electron chi connectivity index (χ3n) is 3.84. The Hall–Kier alpha value is -1.02. The minimum Gasteiger partial charge on any atom is -0.391 e. The van der Waals surface area contributed by atoms with Crippen molar-refractivity contribution in [3.63, 3.8) is 0 Å². The van der Waals surface area contributed by atoms with Crippen molar-refractivity contribution < 1.29 is 13.5 Å². The molecule has 0 aliphatic heterocycles. The highest BCUT2D eigenvalue weighted by Crippen LogP contribution is 2.26. The summed E-state index contributed by atoms with van der Waals surface area (Å²) in [5.74, 6) is 0. The quantitative estimate of drug-likeness (QED) is 0.842. The van der Waals surface area contributed by atoms with Crippen LogP contribution in [0.25, 0.3) is 0 Å². The van der Waals surface area contributed by atoms with Crippen LogP contribution in [-0.4, -0.2) is 42.0 Å². The summed E-state index contributed by atoms with van der Waals surface area (Å²) in [5.41, 5.74) is 6.09. The molecule has 1 fully saturated rings. The lowest BCUT2D eigenvalue weighted by molar-refractivity contribution is 0.0638. The first kappa shape index (κ1) is 15.4. The normalized spacial score (nSPS) is 24.0. The average Bonchev–Trinajstić information content (AvgIpc) is 2.47. The van der Waals surface area contributed by atoms with E-state index >= 15 is 0 Å². The second-order valence-corrected chi connectivity index (χ2v) is 7.13. The van der Waals surface area contributed by atoms with Gasteiger partial charge in [0.05, 0.1) is 17.8 Å². The Morgan fingerprint density at radius 3 is 2.65 bits per heavy atom. The van der Waals surface area contributed by atoms with E-state index in [1.54, 1.807) is 6.07 Å². The summed E-state index contributed by atoms with van der Waals surface area (Å²) in [7, 11) is -2.11. The number of aromatic nitrogens is 1. The molecule has 0 spiro atoms. The summed E-state index contributed by atoms with van der Waals surface area (Å²) in [4.78, 5) is 4.15. The molecule has 2 rings (SSSR count). The van der Waals surface area contributed by atoms with Gasteiger partial charge < -0.3 is 10.8 Å². The number of sulfonamides is 1. The van der Waals surface area contributed by atoms with Gasteiger partial charge in [0.1, 0.15) is 4.90 Å². The van der Waals surface area contributed by atoms with Crippen molar-refractivity contribution in [2.45, 2.75) is 49.3 Å². The third kappa shape index (κ3) is 3.01. The molecule has 7 heteroatoms. The van der Waals surface area contributed by atoms with Crippen molar-refractivity contribution in [1.82, 2.24) is 9.29 Å². The Morgan fingerprint density at radius 2 is 2.10 bits per heavy atom. The van der Waals surface area contributed by atoms with Crippen molar-refractivity contribution in [1.29, 1.82) is 0 Å². The van der Waals surface area contributed by atoms with E-state index in [4.69, 9.17) is 5.73 Å². The molecule has 112 valence electrons. The zero-order valence-corrected chi connectivity index (χ0v) is 12.4. The smallest absolute Gasteiger partial charge is 0.244 e. The second kappa shape index (κ2) is 6.17. The molecule has 1 aromatic heterocycles. The fraction of sp³-hybridized carbons (Fsp3) is 0.615. The summed E-state index contributed by atoms with van der Waals surface area (Å²) in [6.07, 6.45) is 3.94. The van der Waals surface area contributed by atoms with Gasteiger partial charge in [-0.25, -0.2) is 8.42 Å². The second-order valence-electron chi connectivity index (χ2n) is 5.13. The van der Waals surface area contributed by atoms with Gasteiger partial charge in [-0.3, -0.25) is 4.98 Å². The van der Waals surface area contributed by atoms with E-state index in [0.29, 0.717) is 18.5 Å². The number of rotatable bonds is 4. The van der Waals surface area contributed by atoms with Gasteiger partial charge in [-0.2, -0.15) is 4.31 Å². The lowest BCUT2D eigenvalue weighted by atomic mass is 9.93. The number of nitrogens with zero attached hydrogens (tertiary/aromatic N) is 2. The van der Waals surface area contributed by atoms with E-state index in [-0.39, 0.29) is 17.5 Å². The van der Waals surface area contributed by atoms with Gasteiger partial charge in [0.15, 0.2) is 0 Å². The van der Waals surface area contributed by atoms with Crippen molar-refractivity contribution in [3.8, 4) is 0 Å². The van der Waals surface area contributed by atoms with Crippen LogP contribution >= 0.6 is 0 Å². The van der Waals surface area contributed by atoms with Crippen LogP contribution in [0.1, 0.15) is 31.4 Å². The van der Waals surface area contributed by atoms with Gasteiger partial charge in [-0.05, 0) is 25.0 Å². The minimum absolute atomic E-state index is 0.134. The Balaban J connectivity index is 2.23. The molecule has 6 nitrogen and oxygen atoms in total. The number of likely N-dealkylation sites (N-methyl/N-ethyl adjacent to an activating group) is 1. The maximum absolute atomic E-state index is 12.5. The number of hydrogen-bond acceptors (Lipinski definition) is 5. The summed E-state index contributed by atoms with van der Waals surface area (Å²) in [6, 6.07) is 2.76. The summed E-state index contributed by atoms with van der Waals surface area (Å²) in [6.45, 7) is 0.275. The monoisotopic (exact) mass is 299 g/mol. The molecule has 1 aromatic rings. The van der Waals surface area contributed by atoms with E-state index in [9.17, 15) is 13.5 Å². The Kier molecular flexibility index (Phi) is 4.74. The van der Waals surface area contributed by atoms with Gasteiger partial charge in [0.25, 0.3) is 0 Å². The first-order valence-electron chi connectivity index (χ1n) is 6.78. The lowest BCUT2D eigenvalue weighted by Gasteiger charge is -2.34. The molecule has 0 amide bonds. The molecule has 1 heterocycles. The zero-order chi connectivity index (χ0) is 14.8. The van der Waals surface area contributed by atoms with E-state index in [1.807, 2.05) is 0 Å². The van der Waals surface area contributed by atoms with E-state index in [1.165, 1.54) is 23.6 Å². The largest absolute Gasteiger partial charge is 0.391 e. The number of nitrogens with two attached hydrogens (primary N) is 1. The molecule has 0 aromatic carbocycles. The van der Waals surface area contributed by atoms with E-state index < -0.39 is 16.1 Å². The molecule has 0 radical (unpaired) electrons. The first-order chi connectivity index (χ1) is 9.46. The predicted octanol–water partition coefficient (Wildman–Crippen LogP) is 0.464. The van der Waals surface area contributed by atoms with Gasteiger partial charge in [-0.15, -0.1) is 0 Å². The van der Waals surface area contributed by atoms with Crippen LogP contribution in [0, 0.1) is 0 Å². The number of hydrogen-bond donors (Lipinski definition) is 2. The van der Waals surface area contributed by atoms with E-state index in [2.05, 4.69) is 4.98 Å². The van der Waals surface area contributed by atoms with Crippen molar-refractivity contribution in [3.05, 3.63) is 24.0 Å². The third-order valence-corrected chi connectivity index (χ3v) is 5.71. The average molecular weight is 299 g/mol. The first-order valence-corrected chi connectivity index (χ1v) is 8.22. The van der Waals surface area contributed by atoms with Crippen molar-refractivity contribution >= 4 is 10.0 Å². The summed E-state index contributed by atoms with van der Waals surface area (Å²) in [5, 5.41) is 9.99. The minimum atomic E-state index is -3.63. The van der Waals surface area contributed by atoms with Gasteiger partial charge >= 0.3 is 0 Å². The molecule has 1 aliphatic carbocycles. The molecule has 2 atom stereocenters.